The maximum Gasteiger partial charge on any atom is 0.325 e. The highest BCUT2D eigenvalue weighted by atomic mass is 16.5. The first-order valence-corrected chi connectivity index (χ1v) is 6.59. The van der Waals surface area contributed by atoms with Crippen LogP contribution >= 0.6 is 0 Å². The van der Waals surface area contributed by atoms with Gasteiger partial charge in [-0.2, -0.15) is 0 Å². The lowest BCUT2D eigenvalue weighted by atomic mass is 10.1. The van der Waals surface area contributed by atoms with Gasteiger partial charge in [0.2, 0.25) is 0 Å². The number of amides is 1. The van der Waals surface area contributed by atoms with Crippen molar-refractivity contribution in [1.82, 2.24) is 4.90 Å². The summed E-state index contributed by atoms with van der Waals surface area (Å²) in [6.07, 6.45) is -0.0195. The predicted octanol–water partition coefficient (Wildman–Crippen LogP) is 0.873. The minimum atomic E-state index is -0.576. The largest absolute Gasteiger partial charge is 0.496 e. The molecule has 1 aromatic carbocycles. The minimum absolute atomic E-state index is 0.0195. The van der Waals surface area contributed by atoms with E-state index in [1.54, 1.807) is 24.3 Å². The molecule has 0 N–H and O–H groups in total. The summed E-state index contributed by atoms with van der Waals surface area (Å²) < 4.78 is 14.3. The number of esters is 2. The first-order valence-electron chi connectivity index (χ1n) is 6.59. The SMILES string of the molecule is COC(=O)CCN(CC(=O)OC)C(=O)c1ccccc1OC. The minimum Gasteiger partial charge on any atom is -0.496 e. The fourth-order valence-electron chi connectivity index (χ4n) is 1.79. The molecule has 0 heterocycles. The Hall–Kier alpha value is -2.57. The van der Waals surface area contributed by atoms with Crippen molar-refractivity contribution in [2.24, 2.45) is 0 Å². The van der Waals surface area contributed by atoms with Crippen LogP contribution in [0, 0.1) is 0 Å². The van der Waals surface area contributed by atoms with Crippen LogP contribution in [0.3, 0.4) is 0 Å². The lowest BCUT2D eigenvalue weighted by molar-refractivity contribution is -0.143. The maximum atomic E-state index is 12.6. The average Bonchev–Trinajstić information content (AvgIpc) is 2.57. The van der Waals surface area contributed by atoms with Crippen molar-refractivity contribution < 1.29 is 28.6 Å². The summed E-state index contributed by atoms with van der Waals surface area (Å²) in [7, 11) is 3.94. The number of hydrogen-bond donors (Lipinski definition) is 0. The fourth-order valence-corrected chi connectivity index (χ4v) is 1.79. The summed E-state index contributed by atoms with van der Waals surface area (Å²) in [5.74, 6) is -1.08. The second-order valence-electron chi connectivity index (χ2n) is 4.33. The van der Waals surface area contributed by atoms with Gasteiger partial charge in [0.15, 0.2) is 0 Å². The first-order chi connectivity index (χ1) is 10.5. The summed E-state index contributed by atoms with van der Waals surface area (Å²) in [5.41, 5.74) is 0.304. The van der Waals surface area contributed by atoms with Crippen LogP contribution < -0.4 is 4.74 Å². The van der Waals surface area contributed by atoms with Crippen molar-refractivity contribution >= 4 is 17.8 Å². The Balaban J connectivity index is 2.95. The van der Waals surface area contributed by atoms with Gasteiger partial charge in [0, 0.05) is 6.54 Å². The van der Waals surface area contributed by atoms with Gasteiger partial charge in [-0.15, -0.1) is 0 Å². The van der Waals surface area contributed by atoms with Crippen LogP contribution in [0.1, 0.15) is 16.8 Å². The number of ether oxygens (including phenoxy) is 3. The van der Waals surface area contributed by atoms with Gasteiger partial charge in [-0.05, 0) is 12.1 Å². The van der Waals surface area contributed by atoms with Crippen molar-refractivity contribution in [3.63, 3.8) is 0 Å². The quantitative estimate of drug-likeness (QED) is 0.695. The molecule has 0 aliphatic rings. The molecule has 0 unspecified atom stereocenters. The molecule has 120 valence electrons. The van der Waals surface area contributed by atoms with Gasteiger partial charge in [-0.1, -0.05) is 12.1 Å². The van der Waals surface area contributed by atoms with E-state index in [0.717, 1.165) is 0 Å². The topological polar surface area (TPSA) is 82.1 Å². The van der Waals surface area contributed by atoms with E-state index in [1.165, 1.54) is 26.2 Å². The molecular weight excluding hydrogens is 290 g/mol. The Morgan fingerprint density at radius 1 is 1.00 bits per heavy atom. The summed E-state index contributed by atoms with van der Waals surface area (Å²) in [6, 6.07) is 6.65. The van der Waals surface area contributed by atoms with Gasteiger partial charge < -0.3 is 19.1 Å². The lowest BCUT2D eigenvalue weighted by Crippen LogP contribution is -2.38. The number of rotatable bonds is 7. The van der Waals surface area contributed by atoms with E-state index < -0.39 is 17.8 Å². The molecule has 0 spiro atoms. The Morgan fingerprint density at radius 3 is 2.23 bits per heavy atom. The molecule has 0 aliphatic heterocycles. The number of benzene rings is 1. The number of nitrogens with zero attached hydrogens (tertiary/aromatic N) is 1. The molecule has 22 heavy (non-hydrogen) atoms. The maximum absolute atomic E-state index is 12.6. The molecule has 0 radical (unpaired) electrons. The van der Waals surface area contributed by atoms with E-state index in [4.69, 9.17) is 4.74 Å². The zero-order chi connectivity index (χ0) is 16.5. The summed E-state index contributed by atoms with van der Waals surface area (Å²) >= 11 is 0. The van der Waals surface area contributed by atoms with Crippen molar-refractivity contribution in [2.75, 3.05) is 34.4 Å². The molecule has 0 aliphatic carbocycles. The number of para-hydroxylation sites is 1. The highest BCUT2D eigenvalue weighted by Crippen LogP contribution is 2.19. The molecule has 1 aromatic rings. The molecule has 7 heteroatoms. The highest BCUT2D eigenvalue weighted by molar-refractivity contribution is 5.98. The van der Waals surface area contributed by atoms with Crippen LogP contribution in [0.4, 0.5) is 0 Å². The molecule has 1 rings (SSSR count). The number of hydrogen-bond acceptors (Lipinski definition) is 6. The number of methoxy groups -OCH3 is 3. The van der Waals surface area contributed by atoms with E-state index in [9.17, 15) is 14.4 Å². The third-order valence-electron chi connectivity index (χ3n) is 2.99. The molecule has 1 amide bonds. The van der Waals surface area contributed by atoms with Gasteiger partial charge in [-0.25, -0.2) is 0 Å². The number of carbonyl (C=O) groups is 3. The second kappa shape index (κ2) is 8.66. The lowest BCUT2D eigenvalue weighted by Gasteiger charge is -2.22. The highest BCUT2D eigenvalue weighted by Gasteiger charge is 2.22. The molecule has 0 fully saturated rings. The Kier molecular flexibility index (Phi) is 6.88. The predicted molar refractivity (Wildman–Crippen MR) is 77.5 cm³/mol. The third-order valence-corrected chi connectivity index (χ3v) is 2.99. The Morgan fingerprint density at radius 2 is 1.64 bits per heavy atom. The van der Waals surface area contributed by atoms with E-state index in [2.05, 4.69) is 9.47 Å². The average molecular weight is 309 g/mol. The summed E-state index contributed by atoms with van der Waals surface area (Å²) in [4.78, 5) is 36.5. The van der Waals surface area contributed by atoms with Crippen LogP contribution in [0.2, 0.25) is 0 Å². The normalized spacial score (nSPS) is 9.77. The zero-order valence-electron chi connectivity index (χ0n) is 12.8. The summed E-state index contributed by atoms with van der Waals surface area (Å²) in [5, 5.41) is 0. The van der Waals surface area contributed by atoms with Crippen molar-refractivity contribution in [2.45, 2.75) is 6.42 Å². The fraction of sp³-hybridized carbons (Fsp3) is 0.400. The van der Waals surface area contributed by atoms with E-state index >= 15 is 0 Å². The van der Waals surface area contributed by atoms with E-state index in [0.29, 0.717) is 11.3 Å². The van der Waals surface area contributed by atoms with Crippen molar-refractivity contribution in [3.05, 3.63) is 29.8 Å². The van der Waals surface area contributed by atoms with Gasteiger partial charge >= 0.3 is 11.9 Å². The Bertz CT molecular complexity index is 543. The smallest absolute Gasteiger partial charge is 0.325 e. The van der Waals surface area contributed by atoms with Crippen LogP contribution in [-0.2, 0) is 19.1 Å². The molecule has 0 aromatic heterocycles. The monoisotopic (exact) mass is 309 g/mol. The zero-order valence-corrected chi connectivity index (χ0v) is 12.8. The van der Waals surface area contributed by atoms with Gasteiger partial charge in [0.1, 0.15) is 12.3 Å². The van der Waals surface area contributed by atoms with Crippen molar-refractivity contribution in [1.29, 1.82) is 0 Å². The summed E-state index contributed by atoms with van der Waals surface area (Å²) in [6.45, 7) is -0.219. The molecule has 0 atom stereocenters. The standard InChI is InChI=1S/C15H19NO6/c1-20-12-7-5-4-6-11(12)15(19)16(10-14(18)22-3)9-8-13(17)21-2/h4-7H,8-10H2,1-3H3. The van der Waals surface area contributed by atoms with Crippen molar-refractivity contribution in [3.8, 4) is 5.75 Å². The Labute approximate surface area is 128 Å². The first kappa shape index (κ1) is 17.5. The molecular formula is C15H19NO6. The van der Waals surface area contributed by atoms with Crippen LogP contribution in [0.5, 0.6) is 5.75 Å². The number of carbonyl (C=O) groups excluding carboxylic acids is 3. The second-order valence-corrected chi connectivity index (χ2v) is 4.33. The molecule has 7 nitrogen and oxygen atoms in total. The molecule has 0 saturated heterocycles. The van der Waals surface area contributed by atoms with E-state index in [-0.39, 0.29) is 19.5 Å². The van der Waals surface area contributed by atoms with E-state index in [1.807, 2.05) is 0 Å². The van der Waals surface area contributed by atoms with Gasteiger partial charge in [0.25, 0.3) is 5.91 Å². The van der Waals surface area contributed by atoms with Gasteiger partial charge in [0.05, 0.1) is 33.3 Å². The van der Waals surface area contributed by atoms with Crippen LogP contribution in [0.25, 0.3) is 0 Å². The molecule has 0 bridgehead atoms. The van der Waals surface area contributed by atoms with Gasteiger partial charge in [-0.3, -0.25) is 14.4 Å². The van der Waals surface area contributed by atoms with Crippen LogP contribution in [-0.4, -0.2) is 57.2 Å². The van der Waals surface area contributed by atoms with Crippen LogP contribution in [0.15, 0.2) is 24.3 Å². The third kappa shape index (κ3) is 4.76. The molecule has 0 saturated carbocycles.